The van der Waals surface area contributed by atoms with Gasteiger partial charge in [0, 0.05) is 5.54 Å². The summed E-state index contributed by atoms with van der Waals surface area (Å²) in [6.07, 6.45) is 5.18. The Balaban J connectivity index is 2.19. The molecule has 0 amide bonds. The fourth-order valence-corrected chi connectivity index (χ4v) is 2.70. The van der Waals surface area contributed by atoms with Crippen molar-refractivity contribution in [1.29, 1.82) is 0 Å². The third-order valence-corrected chi connectivity index (χ3v) is 4.89. The average Bonchev–Trinajstić information content (AvgIpc) is 2.51. The molecule has 0 aliphatic rings. The summed E-state index contributed by atoms with van der Waals surface area (Å²) in [4.78, 5) is 2.25. The van der Waals surface area contributed by atoms with Crippen molar-refractivity contribution in [3.8, 4) is 0 Å². The molecule has 0 heterocycles. The standard InChI is InChI=1S/C19H21Cl2N/c1-19(22(2)3,16-9-5-4-6-10-16)13-7-8-15-11-12-17(20)18(21)14-15/h4-12,14H,13H2,1-3H3. The summed E-state index contributed by atoms with van der Waals surface area (Å²) >= 11 is 12.0. The second kappa shape index (κ2) is 7.32. The second-order valence-corrected chi connectivity index (χ2v) is 6.63. The summed E-state index contributed by atoms with van der Waals surface area (Å²) in [7, 11) is 4.22. The first-order chi connectivity index (χ1) is 10.4. The Morgan fingerprint density at radius 1 is 1.00 bits per heavy atom. The summed E-state index contributed by atoms with van der Waals surface area (Å²) < 4.78 is 0. The van der Waals surface area contributed by atoms with E-state index in [0.29, 0.717) is 10.0 Å². The molecule has 3 heteroatoms. The highest BCUT2D eigenvalue weighted by Crippen LogP contribution is 2.30. The zero-order chi connectivity index (χ0) is 16.2. The molecule has 0 fully saturated rings. The fourth-order valence-electron chi connectivity index (χ4n) is 2.40. The van der Waals surface area contributed by atoms with Crippen molar-refractivity contribution in [2.75, 3.05) is 14.1 Å². The van der Waals surface area contributed by atoms with Crippen molar-refractivity contribution >= 4 is 29.3 Å². The van der Waals surface area contributed by atoms with E-state index in [1.165, 1.54) is 5.56 Å². The van der Waals surface area contributed by atoms with Crippen LogP contribution in [0.1, 0.15) is 24.5 Å². The number of halogens is 2. The van der Waals surface area contributed by atoms with Crippen LogP contribution in [-0.4, -0.2) is 19.0 Å². The van der Waals surface area contributed by atoms with Crippen LogP contribution in [0.5, 0.6) is 0 Å². The number of hydrogen-bond acceptors (Lipinski definition) is 1. The van der Waals surface area contributed by atoms with Gasteiger partial charge in [-0.25, -0.2) is 0 Å². The second-order valence-electron chi connectivity index (χ2n) is 5.81. The highest BCUT2D eigenvalue weighted by molar-refractivity contribution is 6.42. The lowest BCUT2D eigenvalue weighted by Crippen LogP contribution is -2.38. The van der Waals surface area contributed by atoms with Crippen LogP contribution in [-0.2, 0) is 5.54 Å². The van der Waals surface area contributed by atoms with E-state index in [-0.39, 0.29) is 5.54 Å². The van der Waals surface area contributed by atoms with Crippen LogP contribution in [0.15, 0.2) is 54.6 Å². The Morgan fingerprint density at radius 3 is 2.27 bits per heavy atom. The molecular formula is C19H21Cl2N. The van der Waals surface area contributed by atoms with Gasteiger partial charge in [0.25, 0.3) is 0 Å². The van der Waals surface area contributed by atoms with Gasteiger partial charge < -0.3 is 0 Å². The number of hydrogen-bond donors (Lipinski definition) is 0. The Hall–Kier alpha value is -1.28. The predicted molar refractivity (Wildman–Crippen MR) is 97.6 cm³/mol. The lowest BCUT2D eigenvalue weighted by Gasteiger charge is -2.36. The van der Waals surface area contributed by atoms with E-state index in [0.717, 1.165) is 12.0 Å². The number of rotatable bonds is 5. The van der Waals surface area contributed by atoms with Gasteiger partial charge in [-0.1, -0.05) is 71.8 Å². The normalized spacial score (nSPS) is 14.5. The lowest BCUT2D eigenvalue weighted by molar-refractivity contribution is 0.177. The van der Waals surface area contributed by atoms with Gasteiger partial charge >= 0.3 is 0 Å². The molecule has 1 nitrogen and oxygen atoms in total. The van der Waals surface area contributed by atoms with Crippen LogP contribution < -0.4 is 0 Å². The van der Waals surface area contributed by atoms with Gasteiger partial charge in [-0.15, -0.1) is 0 Å². The highest BCUT2D eigenvalue weighted by atomic mass is 35.5. The minimum Gasteiger partial charge on any atom is -0.300 e. The molecule has 0 aliphatic heterocycles. The molecule has 0 saturated carbocycles. The molecule has 2 rings (SSSR count). The predicted octanol–water partition coefficient (Wildman–Crippen LogP) is 5.87. The van der Waals surface area contributed by atoms with E-state index in [4.69, 9.17) is 23.2 Å². The largest absolute Gasteiger partial charge is 0.300 e. The minimum atomic E-state index is -0.0476. The first-order valence-electron chi connectivity index (χ1n) is 7.28. The van der Waals surface area contributed by atoms with Crippen LogP contribution >= 0.6 is 23.2 Å². The Morgan fingerprint density at radius 2 is 1.68 bits per heavy atom. The van der Waals surface area contributed by atoms with Crippen molar-refractivity contribution in [1.82, 2.24) is 4.90 Å². The Kier molecular flexibility index (Phi) is 5.69. The van der Waals surface area contributed by atoms with Gasteiger partial charge in [0.2, 0.25) is 0 Å². The quantitative estimate of drug-likeness (QED) is 0.660. The maximum Gasteiger partial charge on any atom is 0.0598 e. The molecule has 0 bridgehead atoms. The van der Waals surface area contributed by atoms with E-state index in [1.54, 1.807) is 0 Å². The molecule has 22 heavy (non-hydrogen) atoms. The van der Waals surface area contributed by atoms with E-state index in [2.05, 4.69) is 62.3 Å². The molecule has 1 unspecified atom stereocenters. The first-order valence-corrected chi connectivity index (χ1v) is 8.03. The summed E-state index contributed by atoms with van der Waals surface area (Å²) in [6, 6.07) is 16.2. The minimum absolute atomic E-state index is 0.0476. The zero-order valence-electron chi connectivity index (χ0n) is 13.2. The molecule has 0 aliphatic carbocycles. The SMILES string of the molecule is CN(C)C(C)(CC=Cc1ccc(Cl)c(Cl)c1)c1ccccc1. The lowest BCUT2D eigenvalue weighted by atomic mass is 9.87. The third-order valence-electron chi connectivity index (χ3n) is 4.15. The monoisotopic (exact) mass is 333 g/mol. The molecule has 116 valence electrons. The van der Waals surface area contributed by atoms with Gasteiger partial charge in [-0.05, 0) is 50.7 Å². The number of benzene rings is 2. The Bertz CT molecular complexity index is 650. The maximum absolute atomic E-state index is 6.05. The van der Waals surface area contributed by atoms with Gasteiger partial charge in [0.05, 0.1) is 10.0 Å². The smallest absolute Gasteiger partial charge is 0.0598 e. The van der Waals surface area contributed by atoms with E-state index in [9.17, 15) is 0 Å². The van der Waals surface area contributed by atoms with Crippen LogP contribution in [0, 0.1) is 0 Å². The van der Waals surface area contributed by atoms with Crippen LogP contribution in [0.4, 0.5) is 0 Å². The van der Waals surface area contributed by atoms with E-state index < -0.39 is 0 Å². The van der Waals surface area contributed by atoms with Crippen molar-refractivity contribution in [3.63, 3.8) is 0 Å². The van der Waals surface area contributed by atoms with E-state index >= 15 is 0 Å². The summed E-state index contributed by atoms with van der Waals surface area (Å²) in [5.74, 6) is 0. The molecule has 1 atom stereocenters. The molecule has 0 radical (unpaired) electrons. The molecular weight excluding hydrogens is 313 g/mol. The summed E-state index contributed by atoms with van der Waals surface area (Å²) in [5.41, 5.74) is 2.32. The van der Waals surface area contributed by atoms with Crippen molar-refractivity contribution < 1.29 is 0 Å². The summed E-state index contributed by atoms with van der Waals surface area (Å²) in [6.45, 7) is 2.25. The first kappa shape index (κ1) is 17.1. The van der Waals surface area contributed by atoms with Gasteiger partial charge in [-0.2, -0.15) is 0 Å². The Labute approximate surface area is 143 Å². The topological polar surface area (TPSA) is 3.24 Å². The molecule has 0 aromatic heterocycles. The van der Waals surface area contributed by atoms with Gasteiger partial charge in [0.1, 0.15) is 0 Å². The average molecular weight is 334 g/mol. The van der Waals surface area contributed by atoms with E-state index in [1.807, 2.05) is 24.3 Å². The van der Waals surface area contributed by atoms with Crippen LogP contribution in [0.3, 0.4) is 0 Å². The van der Waals surface area contributed by atoms with Crippen molar-refractivity contribution in [3.05, 3.63) is 75.8 Å². The van der Waals surface area contributed by atoms with Crippen LogP contribution in [0.25, 0.3) is 6.08 Å². The molecule has 2 aromatic carbocycles. The fraction of sp³-hybridized carbons (Fsp3) is 0.263. The molecule has 0 spiro atoms. The molecule has 0 saturated heterocycles. The van der Waals surface area contributed by atoms with Crippen molar-refractivity contribution in [2.45, 2.75) is 18.9 Å². The van der Waals surface area contributed by atoms with Crippen LogP contribution in [0.2, 0.25) is 10.0 Å². The maximum atomic E-state index is 6.05. The number of nitrogens with zero attached hydrogens (tertiary/aromatic N) is 1. The van der Waals surface area contributed by atoms with Crippen molar-refractivity contribution in [2.24, 2.45) is 0 Å². The van der Waals surface area contributed by atoms with Gasteiger partial charge in [0.15, 0.2) is 0 Å². The zero-order valence-corrected chi connectivity index (χ0v) is 14.7. The molecule has 2 aromatic rings. The highest BCUT2D eigenvalue weighted by Gasteiger charge is 2.27. The molecule has 0 N–H and O–H groups in total. The third kappa shape index (κ3) is 3.92. The summed E-state index contributed by atoms with van der Waals surface area (Å²) in [5, 5.41) is 1.17. The van der Waals surface area contributed by atoms with Gasteiger partial charge in [-0.3, -0.25) is 4.90 Å².